The van der Waals surface area contributed by atoms with Gasteiger partial charge in [-0.1, -0.05) is 32.6 Å². The molecule has 0 heterocycles. The quantitative estimate of drug-likeness (QED) is 0.792. The Bertz CT molecular complexity index is 260. The molecule has 0 spiro atoms. The van der Waals surface area contributed by atoms with E-state index >= 15 is 0 Å². The summed E-state index contributed by atoms with van der Waals surface area (Å²) in [5.41, 5.74) is 0.511. The summed E-state index contributed by atoms with van der Waals surface area (Å²) >= 11 is 0. The van der Waals surface area contributed by atoms with Gasteiger partial charge in [0.05, 0.1) is 12.0 Å². The number of nitrogens with one attached hydrogen (secondary N) is 1. The van der Waals surface area contributed by atoms with Crippen LogP contribution in [0.25, 0.3) is 0 Å². The van der Waals surface area contributed by atoms with E-state index in [4.69, 9.17) is 5.26 Å². The third-order valence-corrected chi connectivity index (χ3v) is 4.53. The van der Waals surface area contributed by atoms with Gasteiger partial charge in [-0.25, -0.2) is 0 Å². The van der Waals surface area contributed by atoms with E-state index in [9.17, 15) is 0 Å². The third-order valence-electron chi connectivity index (χ3n) is 4.53. The Morgan fingerprint density at radius 3 is 2.56 bits per heavy atom. The summed E-state index contributed by atoms with van der Waals surface area (Å²) in [6.07, 6.45) is 10.4. The molecule has 0 aromatic heterocycles. The van der Waals surface area contributed by atoms with Gasteiger partial charge in [0.25, 0.3) is 0 Å². The standard InChI is InChI=1S/C14H24N2/c1-14(8-4-5-9-14)11-16-13-7-3-2-6-12(13)10-15/h12-13,16H,2-9,11H2,1H3. The second-order valence-electron chi connectivity index (χ2n) is 6.03. The molecule has 2 aliphatic rings. The van der Waals surface area contributed by atoms with E-state index in [0.717, 1.165) is 13.0 Å². The molecule has 2 fully saturated rings. The van der Waals surface area contributed by atoms with E-state index in [1.54, 1.807) is 0 Å². The van der Waals surface area contributed by atoms with Crippen molar-refractivity contribution >= 4 is 0 Å². The van der Waals surface area contributed by atoms with Gasteiger partial charge < -0.3 is 5.32 Å². The van der Waals surface area contributed by atoms with Crippen molar-refractivity contribution < 1.29 is 0 Å². The summed E-state index contributed by atoms with van der Waals surface area (Å²) in [5.74, 6) is 0.263. The van der Waals surface area contributed by atoms with Crippen LogP contribution in [0.2, 0.25) is 0 Å². The minimum absolute atomic E-state index is 0.263. The number of rotatable bonds is 3. The van der Waals surface area contributed by atoms with Crippen LogP contribution in [0.1, 0.15) is 58.3 Å². The molecular formula is C14H24N2. The normalized spacial score (nSPS) is 33.5. The van der Waals surface area contributed by atoms with Crippen molar-refractivity contribution in [2.75, 3.05) is 6.54 Å². The Labute approximate surface area is 99.4 Å². The van der Waals surface area contributed by atoms with Gasteiger partial charge in [0.15, 0.2) is 0 Å². The van der Waals surface area contributed by atoms with E-state index in [0.29, 0.717) is 11.5 Å². The highest BCUT2D eigenvalue weighted by Crippen LogP contribution is 2.37. The Balaban J connectivity index is 1.82. The predicted molar refractivity (Wildman–Crippen MR) is 65.9 cm³/mol. The van der Waals surface area contributed by atoms with Crippen molar-refractivity contribution in [2.24, 2.45) is 11.3 Å². The average Bonchev–Trinajstić information content (AvgIpc) is 2.74. The molecule has 0 aliphatic heterocycles. The van der Waals surface area contributed by atoms with Crippen LogP contribution in [0.3, 0.4) is 0 Å². The van der Waals surface area contributed by atoms with E-state index < -0.39 is 0 Å². The Morgan fingerprint density at radius 2 is 1.88 bits per heavy atom. The highest BCUT2D eigenvalue weighted by molar-refractivity contribution is 4.95. The zero-order valence-electron chi connectivity index (χ0n) is 10.5. The van der Waals surface area contributed by atoms with Crippen LogP contribution in [-0.4, -0.2) is 12.6 Å². The van der Waals surface area contributed by atoms with Crippen LogP contribution in [0.4, 0.5) is 0 Å². The molecule has 0 radical (unpaired) electrons. The first kappa shape index (κ1) is 11.9. The molecule has 2 rings (SSSR count). The van der Waals surface area contributed by atoms with Crippen LogP contribution in [0.5, 0.6) is 0 Å². The Kier molecular flexibility index (Phi) is 3.86. The van der Waals surface area contributed by atoms with Gasteiger partial charge in [-0.05, 0) is 31.1 Å². The van der Waals surface area contributed by atoms with Gasteiger partial charge in [-0.3, -0.25) is 0 Å². The summed E-state index contributed by atoms with van der Waals surface area (Å²) in [6.45, 7) is 3.52. The maximum atomic E-state index is 9.13. The average molecular weight is 220 g/mol. The van der Waals surface area contributed by atoms with Crippen molar-refractivity contribution in [1.82, 2.24) is 5.32 Å². The minimum atomic E-state index is 0.263. The van der Waals surface area contributed by atoms with Gasteiger partial charge in [0.1, 0.15) is 0 Å². The Morgan fingerprint density at radius 1 is 1.19 bits per heavy atom. The zero-order chi connectivity index (χ0) is 11.4. The second-order valence-corrected chi connectivity index (χ2v) is 6.03. The Hall–Kier alpha value is -0.550. The molecule has 0 aromatic rings. The van der Waals surface area contributed by atoms with Crippen molar-refractivity contribution in [2.45, 2.75) is 64.3 Å². The predicted octanol–water partition coefficient (Wildman–Crippen LogP) is 3.24. The van der Waals surface area contributed by atoms with E-state index in [-0.39, 0.29) is 5.92 Å². The van der Waals surface area contributed by atoms with Crippen molar-refractivity contribution in [3.8, 4) is 6.07 Å². The molecule has 1 N–H and O–H groups in total. The SMILES string of the molecule is CC1(CNC2CCCCC2C#N)CCCC1. The number of nitrogens with zero attached hydrogens (tertiary/aromatic N) is 1. The lowest BCUT2D eigenvalue weighted by Gasteiger charge is -2.32. The molecule has 2 nitrogen and oxygen atoms in total. The summed E-state index contributed by atoms with van der Waals surface area (Å²) < 4.78 is 0. The van der Waals surface area contributed by atoms with Crippen LogP contribution >= 0.6 is 0 Å². The molecule has 2 heteroatoms. The molecule has 16 heavy (non-hydrogen) atoms. The molecule has 2 unspecified atom stereocenters. The largest absolute Gasteiger partial charge is 0.312 e. The molecule has 0 aromatic carbocycles. The van der Waals surface area contributed by atoms with Gasteiger partial charge >= 0.3 is 0 Å². The molecule has 0 bridgehead atoms. The molecule has 0 amide bonds. The first-order valence-electron chi connectivity index (χ1n) is 6.87. The van der Waals surface area contributed by atoms with Crippen molar-refractivity contribution in [3.05, 3.63) is 0 Å². The monoisotopic (exact) mass is 220 g/mol. The van der Waals surface area contributed by atoms with Crippen LogP contribution in [0, 0.1) is 22.7 Å². The molecule has 90 valence electrons. The van der Waals surface area contributed by atoms with Crippen LogP contribution < -0.4 is 5.32 Å². The van der Waals surface area contributed by atoms with Gasteiger partial charge in [-0.2, -0.15) is 5.26 Å². The topological polar surface area (TPSA) is 35.8 Å². The molecule has 2 saturated carbocycles. The fourth-order valence-corrected chi connectivity index (χ4v) is 3.31. The number of hydrogen-bond donors (Lipinski definition) is 1. The van der Waals surface area contributed by atoms with Crippen LogP contribution in [0.15, 0.2) is 0 Å². The molecular weight excluding hydrogens is 196 g/mol. The highest BCUT2D eigenvalue weighted by Gasteiger charge is 2.31. The lowest BCUT2D eigenvalue weighted by Crippen LogP contribution is -2.42. The molecule has 0 saturated heterocycles. The van der Waals surface area contributed by atoms with Crippen molar-refractivity contribution in [1.29, 1.82) is 5.26 Å². The van der Waals surface area contributed by atoms with E-state index in [1.807, 2.05) is 0 Å². The summed E-state index contributed by atoms with van der Waals surface area (Å²) in [6, 6.07) is 2.95. The fraction of sp³-hybridized carbons (Fsp3) is 0.929. The van der Waals surface area contributed by atoms with Gasteiger partial charge in [0, 0.05) is 12.6 Å². The molecule has 2 aliphatic carbocycles. The smallest absolute Gasteiger partial charge is 0.0672 e. The lowest BCUT2D eigenvalue weighted by molar-refractivity contribution is 0.248. The zero-order valence-corrected chi connectivity index (χ0v) is 10.5. The maximum absolute atomic E-state index is 9.13. The van der Waals surface area contributed by atoms with Gasteiger partial charge in [0.2, 0.25) is 0 Å². The summed E-state index contributed by atoms with van der Waals surface area (Å²) in [5, 5.41) is 12.8. The van der Waals surface area contributed by atoms with Crippen molar-refractivity contribution in [3.63, 3.8) is 0 Å². The summed E-state index contributed by atoms with van der Waals surface area (Å²) in [7, 11) is 0. The highest BCUT2D eigenvalue weighted by atomic mass is 14.9. The first-order chi connectivity index (χ1) is 7.73. The first-order valence-corrected chi connectivity index (χ1v) is 6.87. The van der Waals surface area contributed by atoms with E-state index in [2.05, 4.69) is 18.3 Å². The maximum Gasteiger partial charge on any atom is 0.0672 e. The number of hydrogen-bond acceptors (Lipinski definition) is 2. The lowest BCUT2D eigenvalue weighted by atomic mass is 9.83. The van der Waals surface area contributed by atoms with Gasteiger partial charge in [-0.15, -0.1) is 0 Å². The summed E-state index contributed by atoms with van der Waals surface area (Å²) in [4.78, 5) is 0. The molecule has 2 atom stereocenters. The second kappa shape index (κ2) is 5.19. The third kappa shape index (κ3) is 2.77. The minimum Gasteiger partial charge on any atom is -0.312 e. The number of nitriles is 1. The van der Waals surface area contributed by atoms with E-state index in [1.165, 1.54) is 44.9 Å². The fourth-order valence-electron chi connectivity index (χ4n) is 3.31. The van der Waals surface area contributed by atoms with Crippen LogP contribution in [-0.2, 0) is 0 Å².